The molecular formula is C11H11BO3. The maximum absolute atomic E-state index is 11.5. The average Bonchev–Trinajstić information content (AvgIpc) is 2.18. The number of carbonyl (C=O) groups is 2. The van der Waals surface area contributed by atoms with Crippen LogP contribution in [0, 0.1) is 0 Å². The van der Waals surface area contributed by atoms with E-state index in [1.165, 1.54) is 0 Å². The summed E-state index contributed by atoms with van der Waals surface area (Å²) < 4.78 is 4.67. The van der Waals surface area contributed by atoms with Crippen LogP contribution < -0.4 is 5.46 Å². The van der Waals surface area contributed by atoms with Crippen molar-refractivity contribution in [3.8, 4) is 0 Å². The van der Waals surface area contributed by atoms with Crippen molar-refractivity contribution in [1.29, 1.82) is 0 Å². The standard InChI is InChI=1S/C11H11BO3/c1-2-15-11(14)7-10(13)8-3-5-9(12)6-4-8/h3-6H,2,7H2,1H3. The maximum atomic E-state index is 11.5. The van der Waals surface area contributed by atoms with Crippen molar-refractivity contribution in [2.45, 2.75) is 13.3 Å². The van der Waals surface area contributed by atoms with Crippen LogP contribution in [-0.4, -0.2) is 26.2 Å². The van der Waals surface area contributed by atoms with Crippen molar-refractivity contribution < 1.29 is 14.3 Å². The molecule has 0 atom stereocenters. The second kappa shape index (κ2) is 5.34. The molecule has 76 valence electrons. The van der Waals surface area contributed by atoms with Crippen LogP contribution in [0.25, 0.3) is 0 Å². The molecule has 0 saturated heterocycles. The van der Waals surface area contributed by atoms with E-state index in [0.29, 0.717) is 11.0 Å². The fraction of sp³-hybridized carbons (Fsp3) is 0.273. The van der Waals surface area contributed by atoms with Gasteiger partial charge in [0.25, 0.3) is 0 Å². The molecule has 0 saturated carbocycles. The molecule has 1 rings (SSSR count). The summed E-state index contributed by atoms with van der Waals surface area (Å²) in [7, 11) is 5.47. The first-order valence-electron chi connectivity index (χ1n) is 4.68. The van der Waals surface area contributed by atoms with Crippen LogP contribution in [0.1, 0.15) is 23.7 Å². The first-order chi connectivity index (χ1) is 7.13. The lowest BCUT2D eigenvalue weighted by molar-refractivity contribution is -0.141. The number of ether oxygens (including phenoxy) is 1. The van der Waals surface area contributed by atoms with Crippen molar-refractivity contribution in [3.05, 3.63) is 29.8 Å². The Morgan fingerprint density at radius 2 is 1.87 bits per heavy atom. The zero-order valence-electron chi connectivity index (χ0n) is 8.53. The molecule has 0 aromatic heterocycles. The van der Waals surface area contributed by atoms with Gasteiger partial charge in [-0.1, -0.05) is 29.7 Å². The van der Waals surface area contributed by atoms with Gasteiger partial charge in [0.05, 0.1) is 6.61 Å². The topological polar surface area (TPSA) is 43.4 Å². The highest BCUT2D eigenvalue weighted by atomic mass is 16.5. The van der Waals surface area contributed by atoms with Gasteiger partial charge in [-0.2, -0.15) is 0 Å². The van der Waals surface area contributed by atoms with Crippen LogP contribution in [0.5, 0.6) is 0 Å². The molecule has 0 N–H and O–H groups in total. The van der Waals surface area contributed by atoms with Crippen LogP contribution in [-0.2, 0) is 9.53 Å². The zero-order chi connectivity index (χ0) is 11.3. The predicted molar refractivity (Wildman–Crippen MR) is 57.4 cm³/mol. The molecule has 1 aromatic rings. The van der Waals surface area contributed by atoms with Crippen LogP contribution in [0.15, 0.2) is 24.3 Å². The second-order valence-electron chi connectivity index (χ2n) is 3.03. The Bertz CT molecular complexity index is 357. The minimum atomic E-state index is -0.501. The third-order valence-electron chi connectivity index (χ3n) is 1.84. The molecule has 0 spiro atoms. The minimum Gasteiger partial charge on any atom is -0.466 e. The van der Waals surface area contributed by atoms with Crippen LogP contribution >= 0.6 is 0 Å². The molecule has 0 aliphatic rings. The van der Waals surface area contributed by atoms with Gasteiger partial charge in [0.15, 0.2) is 5.78 Å². The molecule has 15 heavy (non-hydrogen) atoms. The summed E-state index contributed by atoms with van der Waals surface area (Å²) in [5, 5.41) is 0. The highest BCUT2D eigenvalue weighted by Gasteiger charge is 2.11. The lowest BCUT2D eigenvalue weighted by Gasteiger charge is -2.01. The molecule has 4 heteroatoms. The van der Waals surface area contributed by atoms with Crippen molar-refractivity contribution in [1.82, 2.24) is 0 Å². The number of benzene rings is 1. The molecule has 0 aliphatic heterocycles. The lowest BCUT2D eigenvalue weighted by atomic mass is 9.94. The zero-order valence-corrected chi connectivity index (χ0v) is 8.53. The Hall–Kier alpha value is -1.58. The van der Waals surface area contributed by atoms with Crippen molar-refractivity contribution in [2.75, 3.05) is 6.61 Å². The van der Waals surface area contributed by atoms with Gasteiger partial charge in [0, 0.05) is 5.56 Å². The third-order valence-corrected chi connectivity index (χ3v) is 1.84. The fourth-order valence-electron chi connectivity index (χ4n) is 1.11. The van der Waals surface area contributed by atoms with E-state index >= 15 is 0 Å². The van der Waals surface area contributed by atoms with E-state index in [1.807, 2.05) is 0 Å². The van der Waals surface area contributed by atoms with E-state index < -0.39 is 5.97 Å². The molecule has 0 unspecified atom stereocenters. The summed E-state index contributed by atoms with van der Waals surface area (Å²) in [6.07, 6.45) is -0.224. The van der Waals surface area contributed by atoms with Gasteiger partial charge in [0.2, 0.25) is 0 Å². The number of ketones is 1. The van der Waals surface area contributed by atoms with E-state index in [-0.39, 0.29) is 18.8 Å². The van der Waals surface area contributed by atoms with E-state index in [9.17, 15) is 9.59 Å². The van der Waals surface area contributed by atoms with E-state index in [2.05, 4.69) is 4.74 Å². The maximum Gasteiger partial charge on any atom is 0.313 e. The summed E-state index contributed by atoms with van der Waals surface area (Å²) in [5.41, 5.74) is 1.06. The van der Waals surface area contributed by atoms with Crippen LogP contribution in [0.4, 0.5) is 0 Å². The molecule has 0 aliphatic carbocycles. The van der Waals surface area contributed by atoms with Crippen LogP contribution in [0.2, 0.25) is 0 Å². The fourth-order valence-corrected chi connectivity index (χ4v) is 1.11. The summed E-state index contributed by atoms with van der Waals surface area (Å²) in [6.45, 7) is 1.99. The molecule has 3 nitrogen and oxygen atoms in total. The Morgan fingerprint density at radius 1 is 1.27 bits per heavy atom. The van der Waals surface area contributed by atoms with Crippen molar-refractivity contribution in [3.63, 3.8) is 0 Å². The van der Waals surface area contributed by atoms with E-state index in [0.717, 1.165) is 0 Å². The monoisotopic (exact) mass is 202 g/mol. The first kappa shape index (κ1) is 11.5. The van der Waals surface area contributed by atoms with Gasteiger partial charge >= 0.3 is 5.97 Å². The number of rotatable bonds is 4. The Morgan fingerprint density at radius 3 is 2.40 bits per heavy atom. The summed E-state index contributed by atoms with van der Waals surface area (Å²) in [4.78, 5) is 22.5. The summed E-state index contributed by atoms with van der Waals surface area (Å²) in [5.74, 6) is -0.757. The highest BCUT2D eigenvalue weighted by Crippen LogP contribution is 2.02. The SMILES string of the molecule is [B]c1ccc(C(=O)CC(=O)OCC)cc1. The lowest BCUT2D eigenvalue weighted by Crippen LogP contribution is -2.12. The van der Waals surface area contributed by atoms with Crippen LogP contribution in [0.3, 0.4) is 0 Å². The summed E-state index contributed by atoms with van der Waals surface area (Å²) >= 11 is 0. The second-order valence-corrected chi connectivity index (χ2v) is 3.03. The third kappa shape index (κ3) is 3.58. The normalized spacial score (nSPS) is 9.67. The molecule has 1 aromatic carbocycles. The highest BCUT2D eigenvalue weighted by molar-refractivity contribution is 6.32. The smallest absolute Gasteiger partial charge is 0.313 e. The van der Waals surface area contributed by atoms with E-state index in [1.54, 1.807) is 31.2 Å². The minimum absolute atomic E-state index is 0.224. The Labute approximate surface area is 89.8 Å². The van der Waals surface area contributed by atoms with Gasteiger partial charge in [-0.15, -0.1) is 0 Å². The molecule has 0 fully saturated rings. The molecule has 2 radical (unpaired) electrons. The largest absolute Gasteiger partial charge is 0.466 e. The number of carbonyl (C=O) groups excluding carboxylic acids is 2. The Kier molecular flexibility index (Phi) is 4.09. The van der Waals surface area contributed by atoms with Gasteiger partial charge < -0.3 is 4.74 Å². The summed E-state index contributed by atoms with van der Waals surface area (Å²) in [6, 6.07) is 6.44. The quantitative estimate of drug-likeness (QED) is 0.311. The molecule has 0 amide bonds. The molecule has 0 heterocycles. The van der Waals surface area contributed by atoms with Crippen molar-refractivity contribution in [2.24, 2.45) is 0 Å². The average molecular weight is 202 g/mol. The van der Waals surface area contributed by atoms with E-state index in [4.69, 9.17) is 7.85 Å². The van der Waals surface area contributed by atoms with Gasteiger partial charge in [0.1, 0.15) is 14.3 Å². The Balaban J connectivity index is 2.61. The molecule has 0 bridgehead atoms. The number of hydrogen-bond acceptors (Lipinski definition) is 3. The van der Waals surface area contributed by atoms with Gasteiger partial charge in [-0.3, -0.25) is 9.59 Å². The number of hydrogen-bond donors (Lipinski definition) is 0. The van der Waals surface area contributed by atoms with Crippen molar-refractivity contribution >= 4 is 25.1 Å². The first-order valence-corrected chi connectivity index (χ1v) is 4.68. The van der Waals surface area contributed by atoms with Gasteiger partial charge in [-0.05, 0) is 6.92 Å². The number of Topliss-reactive ketones (excluding diaryl/α,β-unsaturated/α-hetero) is 1. The molecular weight excluding hydrogens is 191 g/mol. The number of esters is 1. The predicted octanol–water partition coefficient (Wildman–Crippen LogP) is 0.616. The van der Waals surface area contributed by atoms with Gasteiger partial charge in [-0.25, -0.2) is 0 Å².